The van der Waals surface area contributed by atoms with Gasteiger partial charge >= 0.3 is 5.88 Å². The van der Waals surface area contributed by atoms with Crippen LogP contribution in [0.25, 0.3) is 11.6 Å². The van der Waals surface area contributed by atoms with Crippen molar-refractivity contribution in [1.82, 2.24) is 10.1 Å². The first-order valence-electron chi connectivity index (χ1n) is 4.28. The van der Waals surface area contributed by atoms with E-state index < -0.39 is 4.92 Å². The Bertz CT molecular complexity index is 488. The highest BCUT2D eigenvalue weighted by molar-refractivity contribution is 5.47. The highest BCUT2D eigenvalue weighted by Gasteiger charge is 2.16. The maximum atomic E-state index is 10.4. The van der Waals surface area contributed by atoms with Gasteiger partial charge in [0.15, 0.2) is 5.76 Å². The molecule has 2 heterocycles. The molecule has 0 saturated heterocycles. The van der Waals surface area contributed by atoms with Crippen molar-refractivity contribution in [2.75, 3.05) is 0 Å². The van der Waals surface area contributed by atoms with Crippen molar-refractivity contribution in [3.05, 3.63) is 28.1 Å². The Morgan fingerprint density at radius 1 is 1.53 bits per heavy atom. The molecule has 2 aromatic heterocycles. The lowest BCUT2D eigenvalue weighted by Gasteiger charge is -1.83. The smallest absolute Gasteiger partial charge is 0.397 e. The summed E-state index contributed by atoms with van der Waals surface area (Å²) in [5, 5.41) is 14.0. The standard InChI is InChI=1S/C8H7N3O4/c1-2-6-9-8(10-15-6)5-3-4-7(14-5)11(12)13/h3-4H,2H2,1H3. The molecule has 0 fully saturated rings. The molecule has 0 N–H and O–H groups in total. The fourth-order valence-electron chi connectivity index (χ4n) is 1.04. The minimum absolute atomic E-state index is 0.222. The van der Waals surface area contributed by atoms with Crippen LogP contribution < -0.4 is 0 Å². The van der Waals surface area contributed by atoms with E-state index in [4.69, 9.17) is 8.94 Å². The fraction of sp³-hybridized carbons (Fsp3) is 0.250. The summed E-state index contributed by atoms with van der Waals surface area (Å²) in [5.74, 6) is 0.571. The Labute approximate surface area is 83.9 Å². The van der Waals surface area contributed by atoms with E-state index in [9.17, 15) is 10.1 Å². The van der Waals surface area contributed by atoms with Crippen LogP contribution in [0.4, 0.5) is 5.88 Å². The van der Waals surface area contributed by atoms with Gasteiger partial charge in [0.05, 0.1) is 6.07 Å². The summed E-state index contributed by atoms with van der Waals surface area (Å²) in [6.45, 7) is 1.86. The third kappa shape index (κ3) is 1.71. The Morgan fingerprint density at radius 2 is 2.33 bits per heavy atom. The molecule has 15 heavy (non-hydrogen) atoms. The number of aryl methyl sites for hydroxylation is 1. The highest BCUT2D eigenvalue weighted by Crippen LogP contribution is 2.23. The number of hydrogen-bond donors (Lipinski definition) is 0. The van der Waals surface area contributed by atoms with E-state index in [1.54, 1.807) is 0 Å². The monoisotopic (exact) mass is 209 g/mol. The van der Waals surface area contributed by atoms with Gasteiger partial charge in [-0.05, 0) is 6.07 Å². The Hall–Kier alpha value is -2.18. The molecule has 2 aromatic rings. The summed E-state index contributed by atoms with van der Waals surface area (Å²) in [5.41, 5.74) is 0. The van der Waals surface area contributed by atoms with Crippen LogP contribution in [0, 0.1) is 10.1 Å². The van der Waals surface area contributed by atoms with Crippen LogP contribution in [0.1, 0.15) is 12.8 Å². The second-order valence-electron chi connectivity index (χ2n) is 2.76. The molecular formula is C8H7N3O4. The molecular weight excluding hydrogens is 202 g/mol. The van der Waals surface area contributed by atoms with Gasteiger partial charge in [-0.15, -0.1) is 0 Å². The molecule has 7 heteroatoms. The second-order valence-corrected chi connectivity index (χ2v) is 2.76. The van der Waals surface area contributed by atoms with E-state index in [1.807, 2.05) is 6.92 Å². The zero-order chi connectivity index (χ0) is 10.8. The summed E-state index contributed by atoms with van der Waals surface area (Å²) < 4.78 is 9.75. The molecule has 0 aliphatic heterocycles. The first-order chi connectivity index (χ1) is 7.20. The topological polar surface area (TPSA) is 95.2 Å². The molecule has 0 aliphatic rings. The maximum Gasteiger partial charge on any atom is 0.433 e. The van der Waals surface area contributed by atoms with Gasteiger partial charge in [0, 0.05) is 6.42 Å². The fourth-order valence-corrected chi connectivity index (χ4v) is 1.04. The van der Waals surface area contributed by atoms with Gasteiger partial charge in [0.1, 0.15) is 4.92 Å². The Kier molecular flexibility index (Phi) is 2.20. The number of aromatic nitrogens is 2. The predicted molar refractivity (Wildman–Crippen MR) is 48.0 cm³/mol. The van der Waals surface area contributed by atoms with E-state index in [0.29, 0.717) is 12.3 Å². The van der Waals surface area contributed by atoms with Crippen molar-refractivity contribution in [1.29, 1.82) is 0 Å². The minimum Gasteiger partial charge on any atom is -0.397 e. The lowest BCUT2D eigenvalue weighted by atomic mass is 10.4. The first kappa shape index (κ1) is 9.38. The minimum atomic E-state index is -0.621. The van der Waals surface area contributed by atoms with Gasteiger partial charge in [-0.3, -0.25) is 10.1 Å². The van der Waals surface area contributed by atoms with Gasteiger partial charge in [-0.2, -0.15) is 4.98 Å². The van der Waals surface area contributed by atoms with E-state index in [1.165, 1.54) is 12.1 Å². The summed E-state index contributed by atoms with van der Waals surface area (Å²) >= 11 is 0. The molecule has 0 spiro atoms. The first-order valence-corrected chi connectivity index (χ1v) is 4.28. The van der Waals surface area contributed by atoms with Crippen molar-refractivity contribution in [3.8, 4) is 11.6 Å². The normalized spacial score (nSPS) is 10.5. The average molecular weight is 209 g/mol. The van der Waals surface area contributed by atoms with Crippen LogP contribution in [0.2, 0.25) is 0 Å². The van der Waals surface area contributed by atoms with E-state index >= 15 is 0 Å². The number of hydrogen-bond acceptors (Lipinski definition) is 6. The zero-order valence-corrected chi connectivity index (χ0v) is 7.84. The molecule has 2 rings (SSSR count). The lowest BCUT2D eigenvalue weighted by molar-refractivity contribution is -0.401. The van der Waals surface area contributed by atoms with Crippen LogP contribution in [-0.2, 0) is 6.42 Å². The van der Waals surface area contributed by atoms with Crippen LogP contribution >= 0.6 is 0 Å². The summed E-state index contributed by atoms with van der Waals surface area (Å²) in [4.78, 5) is 13.7. The highest BCUT2D eigenvalue weighted by atomic mass is 16.6. The van der Waals surface area contributed by atoms with Crippen molar-refractivity contribution in [2.24, 2.45) is 0 Å². The van der Waals surface area contributed by atoms with Gasteiger partial charge < -0.3 is 8.94 Å². The van der Waals surface area contributed by atoms with Crippen LogP contribution in [0.15, 0.2) is 21.1 Å². The van der Waals surface area contributed by atoms with Crippen molar-refractivity contribution < 1.29 is 13.9 Å². The van der Waals surface area contributed by atoms with Gasteiger partial charge in [0.2, 0.25) is 11.7 Å². The molecule has 0 bridgehead atoms. The average Bonchev–Trinajstić information content (AvgIpc) is 2.86. The van der Waals surface area contributed by atoms with Crippen molar-refractivity contribution in [2.45, 2.75) is 13.3 Å². The quantitative estimate of drug-likeness (QED) is 0.564. The Morgan fingerprint density at radius 3 is 2.87 bits per heavy atom. The number of nitro groups is 1. The van der Waals surface area contributed by atoms with Crippen LogP contribution in [0.5, 0.6) is 0 Å². The Balaban J connectivity index is 2.32. The molecule has 0 unspecified atom stereocenters. The molecule has 0 amide bonds. The number of rotatable bonds is 3. The second kappa shape index (κ2) is 3.52. The number of nitrogens with zero attached hydrogens (tertiary/aromatic N) is 3. The van der Waals surface area contributed by atoms with Gasteiger partial charge in [-0.1, -0.05) is 12.1 Å². The summed E-state index contributed by atoms with van der Waals surface area (Å²) in [6, 6.07) is 2.68. The molecule has 7 nitrogen and oxygen atoms in total. The maximum absolute atomic E-state index is 10.4. The molecule has 0 aromatic carbocycles. The lowest BCUT2D eigenvalue weighted by Crippen LogP contribution is -1.83. The van der Waals surface area contributed by atoms with Crippen LogP contribution in [-0.4, -0.2) is 15.1 Å². The zero-order valence-electron chi connectivity index (χ0n) is 7.84. The van der Waals surface area contributed by atoms with E-state index in [0.717, 1.165) is 0 Å². The molecule has 0 aliphatic carbocycles. The van der Waals surface area contributed by atoms with Crippen molar-refractivity contribution in [3.63, 3.8) is 0 Å². The van der Waals surface area contributed by atoms with E-state index in [2.05, 4.69) is 10.1 Å². The van der Waals surface area contributed by atoms with Crippen molar-refractivity contribution >= 4 is 5.88 Å². The number of furan rings is 1. The SMILES string of the molecule is CCc1nc(-c2ccc([N+](=O)[O-])o2)no1. The molecule has 0 radical (unpaired) electrons. The molecule has 0 saturated carbocycles. The summed E-state index contributed by atoms with van der Waals surface area (Å²) in [7, 11) is 0. The van der Waals surface area contributed by atoms with E-state index in [-0.39, 0.29) is 17.5 Å². The molecule has 0 atom stereocenters. The predicted octanol–water partition coefficient (Wildman–Crippen LogP) is 1.80. The van der Waals surface area contributed by atoms with Gasteiger partial charge in [-0.25, -0.2) is 0 Å². The molecule has 78 valence electrons. The largest absolute Gasteiger partial charge is 0.433 e. The third-order valence-electron chi connectivity index (χ3n) is 1.76. The third-order valence-corrected chi connectivity index (χ3v) is 1.76. The van der Waals surface area contributed by atoms with Crippen LogP contribution in [0.3, 0.4) is 0 Å². The van der Waals surface area contributed by atoms with Gasteiger partial charge in [0.25, 0.3) is 0 Å². The summed E-state index contributed by atoms with van der Waals surface area (Å²) in [6.07, 6.45) is 0.607.